The van der Waals surface area contributed by atoms with Crippen LogP contribution in [-0.2, 0) is 4.79 Å². The van der Waals surface area contributed by atoms with Gasteiger partial charge in [0.05, 0.1) is 31.9 Å². The maximum atomic E-state index is 13.8. The number of halogens is 3. The number of carbonyl (C=O) groups is 1. The normalized spacial score (nSPS) is 15.2. The molecule has 0 saturated carbocycles. The predicted octanol–water partition coefficient (Wildman–Crippen LogP) is 2.78. The summed E-state index contributed by atoms with van der Waals surface area (Å²) in [4.78, 5) is 15.7. The lowest BCUT2D eigenvalue weighted by molar-refractivity contribution is -0.892. The molecule has 3 rings (SSSR count). The highest BCUT2D eigenvalue weighted by atomic mass is 35.5. The van der Waals surface area contributed by atoms with E-state index in [0.717, 1.165) is 36.9 Å². The molecule has 0 atom stereocenters. The van der Waals surface area contributed by atoms with Gasteiger partial charge in [-0.1, -0.05) is 29.3 Å². The molecule has 2 aromatic carbocycles. The number of hydrogen-bond acceptors (Lipinski definition) is 2. The van der Waals surface area contributed by atoms with Gasteiger partial charge in [0.25, 0.3) is 5.91 Å². The molecule has 26 heavy (non-hydrogen) atoms. The number of aryl methyl sites for hydroxylation is 1. The van der Waals surface area contributed by atoms with E-state index in [1.807, 2.05) is 18.2 Å². The number of nitrogens with zero attached hydrogens (tertiary/aromatic N) is 1. The number of amides is 1. The third-order valence-corrected chi connectivity index (χ3v) is 5.07. The van der Waals surface area contributed by atoms with E-state index in [0.29, 0.717) is 11.6 Å². The number of hydrogen-bond donors (Lipinski definition) is 2. The van der Waals surface area contributed by atoms with Gasteiger partial charge < -0.3 is 15.1 Å². The number of nitrogens with one attached hydrogen (secondary N) is 2. The van der Waals surface area contributed by atoms with E-state index in [2.05, 4.69) is 17.1 Å². The minimum atomic E-state index is -0.526. The Labute approximate surface area is 162 Å². The summed E-state index contributed by atoms with van der Waals surface area (Å²) in [5, 5.41) is 3.65. The Morgan fingerprint density at radius 2 is 1.81 bits per heavy atom. The molecule has 0 aromatic heterocycles. The van der Waals surface area contributed by atoms with Gasteiger partial charge in [-0.25, -0.2) is 4.39 Å². The van der Waals surface area contributed by atoms with Crippen LogP contribution in [0.4, 0.5) is 15.8 Å². The first-order valence-electron chi connectivity index (χ1n) is 8.52. The van der Waals surface area contributed by atoms with Crippen molar-refractivity contribution in [1.29, 1.82) is 0 Å². The van der Waals surface area contributed by atoms with Gasteiger partial charge in [-0.15, -0.1) is 0 Å². The second-order valence-electron chi connectivity index (χ2n) is 6.52. The minimum absolute atomic E-state index is 0.159. The third kappa shape index (κ3) is 4.67. The second kappa shape index (κ2) is 8.25. The zero-order valence-corrected chi connectivity index (χ0v) is 16.0. The smallest absolute Gasteiger partial charge is 0.279 e. The van der Waals surface area contributed by atoms with Crippen LogP contribution in [-0.4, -0.2) is 38.6 Å². The van der Waals surface area contributed by atoms with Crippen molar-refractivity contribution in [3.63, 3.8) is 0 Å². The van der Waals surface area contributed by atoms with Crippen LogP contribution in [0.2, 0.25) is 10.0 Å². The van der Waals surface area contributed by atoms with Crippen molar-refractivity contribution in [1.82, 2.24) is 0 Å². The summed E-state index contributed by atoms with van der Waals surface area (Å²) in [6.07, 6.45) is 0. The van der Waals surface area contributed by atoms with Crippen molar-refractivity contribution in [3.8, 4) is 0 Å². The van der Waals surface area contributed by atoms with E-state index in [1.165, 1.54) is 22.6 Å². The Morgan fingerprint density at radius 3 is 2.50 bits per heavy atom. The first-order chi connectivity index (χ1) is 12.4. The molecule has 1 aliphatic rings. The first-order valence-corrected chi connectivity index (χ1v) is 9.27. The van der Waals surface area contributed by atoms with Crippen molar-refractivity contribution >= 4 is 40.5 Å². The van der Waals surface area contributed by atoms with Crippen molar-refractivity contribution < 1.29 is 14.1 Å². The van der Waals surface area contributed by atoms with Crippen LogP contribution in [0.25, 0.3) is 0 Å². The van der Waals surface area contributed by atoms with E-state index < -0.39 is 5.82 Å². The number of benzene rings is 2. The molecule has 1 amide bonds. The highest BCUT2D eigenvalue weighted by Gasteiger charge is 2.23. The standard InChI is InChI=1S/C19H20Cl2FN3O/c1-13-2-3-15(21)11-18(13)25-8-6-24(7-9-25)12-19(26)23-17-5-4-14(20)10-16(17)22/h2-5,10-11H,6-9,12H2,1H3,(H,23,26)/p+1. The summed E-state index contributed by atoms with van der Waals surface area (Å²) in [6.45, 7) is 5.74. The van der Waals surface area contributed by atoms with Gasteiger partial charge in [0.15, 0.2) is 6.54 Å². The van der Waals surface area contributed by atoms with Gasteiger partial charge in [0.1, 0.15) is 5.82 Å². The quantitative estimate of drug-likeness (QED) is 0.833. The molecule has 7 heteroatoms. The van der Waals surface area contributed by atoms with Crippen LogP contribution in [0.1, 0.15) is 5.56 Å². The Balaban J connectivity index is 1.53. The molecule has 0 radical (unpaired) electrons. The Morgan fingerprint density at radius 1 is 1.15 bits per heavy atom. The average molecular weight is 397 g/mol. The first kappa shape index (κ1) is 19.0. The Kier molecular flexibility index (Phi) is 6.01. The van der Waals surface area contributed by atoms with Crippen molar-refractivity contribution in [2.75, 3.05) is 42.9 Å². The average Bonchev–Trinajstić information content (AvgIpc) is 2.60. The van der Waals surface area contributed by atoms with Gasteiger partial charge in [0.2, 0.25) is 0 Å². The lowest BCUT2D eigenvalue weighted by atomic mass is 10.1. The molecule has 138 valence electrons. The molecule has 4 nitrogen and oxygen atoms in total. The fraction of sp³-hybridized carbons (Fsp3) is 0.316. The van der Waals surface area contributed by atoms with E-state index in [-0.39, 0.29) is 11.6 Å². The highest BCUT2D eigenvalue weighted by molar-refractivity contribution is 6.31. The van der Waals surface area contributed by atoms with Gasteiger partial charge in [-0.2, -0.15) is 0 Å². The molecular formula is C19H21Cl2FN3O+. The summed E-state index contributed by atoms with van der Waals surface area (Å²) >= 11 is 11.8. The highest BCUT2D eigenvalue weighted by Crippen LogP contribution is 2.24. The molecule has 0 bridgehead atoms. The van der Waals surface area contributed by atoms with E-state index in [1.54, 1.807) is 6.07 Å². The molecule has 1 saturated heterocycles. The molecule has 1 heterocycles. The van der Waals surface area contributed by atoms with Gasteiger partial charge in [0, 0.05) is 15.7 Å². The number of anilines is 2. The molecule has 2 aromatic rings. The third-order valence-electron chi connectivity index (χ3n) is 4.60. The molecular weight excluding hydrogens is 376 g/mol. The monoisotopic (exact) mass is 396 g/mol. The molecule has 0 aliphatic carbocycles. The topological polar surface area (TPSA) is 36.8 Å². The maximum Gasteiger partial charge on any atom is 0.279 e. The maximum absolute atomic E-state index is 13.8. The predicted molar refractivity (Wildman–Crippen MR) is 104 cm³/mol. The van der Waals surface area contributed by atoms with Crippen LogP contribution in [0.3, 0.4) is 0 Å². The molecule has 0 unspecified atom stereocenters. The summed E-state index contributed by atoms with van der Waals surface area (Å²) in [5.41, 5.74) is 2.49. The summed E-state index contributed by atoms with van der Waals surface area (Å²) < 4.78 is 13.8. The van der Waals surface area contributed by atoms with E-state index in [4.69, 9.17) is 23.2 Å². The second-order valence-corrected chi connectivity index (χ2v) is 7.39. The molecule has 2 N–H and O–H groups in total. The zero-order valence-electron chi connectivity index (χ0n) is 14.5. The number of quaternary nitrogens is 1. The lowest BCUT2D eigenvalue weighted by Gasteiger charge is -2.34. The van der Waals surface area contributed by atoms with Gasteiger partial charge >= 0.3 is 0 Å². The van der Waals surface area contributed by atoms with Gasteiger partial charge in [-0.05, 0) is 42.8 Å². The molecule has 1 fully saturated rings. The number of piperazine rings is 1. The fourth-order valence-corrected chi connectivity index (χ4v) is 3.50. The summed E-state index contributed by atoms with van der Waals surface area (Å²) in [5.74, 6) is -0.726. The van der Waals surface area contributed by atoms with Crippen molar-refractivity contribution in [2.24, 2.45) is 0 Å². The lowest BCUT2D eigenvalue weighted by Crippen LogP contribution is -3.15. The number of rotatable bonds is 4. The summed E-state index contributed by atoms with van der Waals surface area (Å²) in [6, 6.07) is 10.1. The molecule has 1 aliphatic heterocycles. The molecule has 0 spiro atoms. The van der Waals surface area contributed by atoms with E-state index >= 15 is 0 Å². The van der Waals surface area contributed by atoms with Crippen LogP contribution < -0.4 is 15.1 Å². The fourth-order valence-electron chi connectivity index (χ4n) is 3.18. The number of carbonyl (C=O) groups excluding carboxylic acids is 1. The van der Waals surface area contributed by atoms with Crippen molar-refractivity contribution in [2.45, 2.75) is 6.92 Å². The van der Waals surface area contributed by atoms with Gasteiger partial charge in [-0.3, -0.25) is 4.79 Å². The van der Waals surface area contributed by atoms with Crippen LogP contribution in [0.5, 0.6) is 0 Å². The van der Waals surface area contributed by atoms with Crippen LogP contribution in [0, 0.1) is 12.7 Å². The minimum Gasteiger partial charge on any atom is -0.360 e. The Hall–Kier alpha value is -1.82. The van der Waals surface area contributed by atoms with Crippen molar-refractivity contribution in [3.05, 3.63) is 57.8 Å². The SMILES string of the molecule is Cc1ccc(Cl)cc1N1CC[NH+](CC(=O)Nc2ccc(Cl)cc2F)CC1. The van der Waals surface area contributed by atoms with Crippen LogP contribution >= 0.6 is 23.2 Å². The summed E-state index contributed by atoms with van der Waals surface area (Å²) in [7, 11) is 0. The largest absolute Gasteiger partial charge is 0.360 e. The van der Waals surface area contributed by atoms with Crippen LogP contribution in [0.15, 0.2) is 36.4 Å². The Bertz CT molecular complexity index is 807. The van der Waals surface area contributed by atoms with E-state index in [9.17, 15) is 9.18 Å². The zero-order chi connectivity index (χ0) is 18.7.